The molecule has 1 unspecified atom stereocenters. The second-order valence-corrected chi connectivity index (χ2v) is 11.5. The normalized spacial score (nSPS) is 37.0. The molecule has 0 aliphatic carbocycles. The lowest BCUT2D eigenvalue weighted by Gasteiger charge is -2.51. The zero-order valence-corrected chi connectivity index (χ0v) is 14.0. The van der Waals surface area contributed by atoms with E-state index in [0.717, 1.165) is 0 Å². The van der Waals surface area contributed by atoms with Gasteiger partial charge in [0.05, 0.1) is 0 Å². The zero-order chi connectivity index (χ0) is 13.6. The van der Waals surface area contributed by atoms with E-state index in [2.05, 4.69) is 44.1 Å². The highest BCUT2D eigenvalue weighted by atomic mass is 28.4. The molecule has 0 aromatic rings. The highest BCUT2D eigenvalue weighted by molar-refractivity contribution is 6.70. The molecule has 0 bridgehead atoms. The molecule has 2 heterocycles. The van der Waals surface area contributed by atoms with Crippen molar-refractivity contribution in [2.75, 3.05) is 13.7 Å². The van der Waals surface area contributed by atoms with Crippen LogP contribution in [0.2, 0.25) is 12.6 Å². The lowest BCUT2D eigenvalue weighted by Crippen LogP contribution is -2.65. The molecule has 1 atom stereocenters. The molecule has 0 aromatic heterocycles. The van der Waals surface area contributed by atoms with Crippen molar-refractivity contribution in [3.63, 3.8) is 0 Å². The van der Waals surface area contributed by atoms with Gasteiger partial charge in [-0.25, -0.2) is 0 Å². The van der Waals surface area contributed by atoms with Crippen LogP contribution in [0.1, 0.15) is 47.0 Å². The van der Waals surface area contributed by atoms with Gasteiger partial charge in [-0.3, -0.25) is 4.57 Å². The van der Waals surface area contributed by atoms with E-state index in [1.165, 1.54) is 31.9 Å². The molecule has 2 aliphatic heterocycles. The van der Waals surface area contributed by atoms with Crippen LogP contribution in [-0.2, 0) is 4.43 Å². The van der Waals surface area contributed by atoms with Crippen LogP contribution in [0.25, 0.3) is 0 Å². The van der Waals surface area contributed by atoms with Crippen molar-refractivity contribution in [2.24, 2.45) is 0 Å². The van der Waals surface area contributed by atoms with E-state index >= 15 is 0 Å². The fraction of sp³-hybridized carbons (Fsp3) is 1.00. The molecule has 0 amide bonds. The van der Waals surface area contributed by atoms with Crippen LogP contribution >= 0.6 is 0 Å². The molecule has 3 nitrogen and oxygen atoms in total. The van der Waals surface area contributed by atoms with E-state index in [-0.39, 0.29) is 11.1 Å². The minimum Gasteiger partial charge on any atom is -0.406 e. The fourth-order valence-corrected chi connectivity index (χ4v) is 7.36. The summed E-state index contributed by atoms with van der Waals surface area (Å²) in [5, 5.41) is 3.78. The first kappa shape index (κ1) is 14.5. The summed E-state index contributed by atoms with van der Waals surface area (Å²) in [6.45, 7) is 13.0. The second kappa shape index (κ2) is 4.58. The first-order valence-electron chi connectivity index (χ1n) is 7.29. The molecular formula is C14H30N2OSi. The maximum absolute atomic E-state index is 5.95. The van der Waals surface area contributed by atoms with Crippen LogP contribution < -0.4 is 5.32 Å². The van der Waals surface area contributed by atoms with Gasteiger partial charge in [0.25, 0.3) is 8.48 Å². The Hall–Kier alpha value is 0.0969. The minimum atomic E-state index is -1.60. The summed E-state index contributed by atoms with van der Waals surface area (Å²) in [5.74, 6) is 0. The minimum absolute atomic E-state index is 0.234. The molecular weight excluding hydrogens is 240 g/mol. The Morgan fingerprint density at radius 1 is 1.17 bits per heavy atom. The Bertz CT molecular complexity index is 303. The monoisotopic (exact) mass is 270 g/mol. The van der Waals surface area contributed by atoms with Crippen molar-refractivity contribution in [3.8, 4) is 0 Å². The molecule has 2 saturated heterocycles. The Balaban J connectivity index is 2.17. The van der Waals surface area contributed by atoms with Crippen LogP contribution in [0.3, 0.4) is 0 Å². The molecule has 0 aromatic carbocycles. The smallest absolute Gasteiger partial charge is 0.268 e. The second-order valence-electron chi connectivity index (χ2n) is 7.63. The predicted octanol–water partition coefficient (Wildman–Crippen LogP) is 2.72. The van der Waals surface area contributed by atoms with Crippen molar-refractivity contribution < 1.29 is 4.43 Å². The summed E-state index contributed by atoms with van der Waals surface area (Å²) in [4.78, 5) is 0. The molecule has 2 rings (SSSR count). The average Bonchev–Trinajstić information content (AvgIpc) is 2.56. The highest BCUT2D eigenvalue weighted by Gasteiger charge is 2.48. The molecule has 2 fully saturated rings. The number of hydrogen-bond donors (Lipinski definition) is 1. The molecule has 106 valence electrons. The van der Waals surface area contributed by atoms with Crippen LogP contribution in [0, 0.1) is 0 Å². The fourth-order valence-electron chi connectivity index (χ4n) is 4.23. The van der Waals surface area contributed by atoms with Gasteiger partial charge >= 0.3 is 0 Å². The van der Waals surface area contributed by atoms with Gasteiger partial charge in [-0.2, -0.15) is 0 Å². The number of rotatable bonds is 2. The third kappa shape index (κ3) is 2.82. The van der Waals surface area contributed by atoms with E-state index in [0.29, 0.717) is 6.04 Å². The van der Waals surface area contributed by atoms with Gasteiger partial charge in [-0.1, -0.05) is 0 Å². The van der Waals surface area contributed by atoms with Crippen LogP contribution in [0.5, 0.6) is 0 Å². The molecule has 0 radical (unpaired) electrons. The van der Waals surface area contributed by atoms with Crippen molar-refractivity contribution in [1.29, 1.82) is 0 Å². The van der Waals surface area contributed by atoms with Crippen LogP contribution in [0.15, 0.2) is 0 Å². The average molecular weight is 270 g/mol. The Morgan fingerprint density at radius 3 is 2.22 bits per heavy atom. The quantitative estimate of drug-likeness (QED) is 0.781. The van der Waals surface area contributed by atoms with E-state index in [4.69, 9.17) is 4.43 Å². The third-order valence-corrected chi connectivity index (χ3v) is 8.66. The molecule has 1 N–H and O–H groups in total. The third-order valence-electron chi connectivity index (χ3n) is 4.70. The van der Waals surface area contributed by atoms with Crippen molar-refractivity contribution in [3.05, 3.63) is 0 Å². The first-order valence-corrected chi connectivity index (χ1v) is 9.85. The summed E-state index contributed by atoms with van der Waals surface area (Å²) in [6.07, 6.45) is 3.80. The summed E-state index contributed by atoms with van der Waals surface area (Å²) < 4.78 is 8.69. The maximum Gasteiger partial charge on any atom is 0.268 e. The Morgan fingerprint density at radius 2 is 1.72 bits per heavy atom. The topological polar surface area (TPSA) is 24.5 Å². The lowest BCUT2D eigenvalue weighted by atomic mass is 9.79. The van der Waals surface area contributed by atoms with Crippen molar-refractivity contribution in [1.82, 2.24) is 9.88 Å². The molecule has 0 saturated carbocycles. The molecule has 18 heavy (non-hydrogen) atoms. The summed E-state index contributed by atoms with van der Waals surface area (Å²) in [7, 11) is 0.322. The summed E-state index contributed by atoms with van der Waals surface area (Å²) >= 11 is 0. The number of nitrogens with zero attached hydrogens (tertiary/aromatic N) is 1. The molecule has 2 aliphatic rings. The summed E-state index contributed by atoms with van der Waals surface area (Å²) in [5.41, 5.74) is 0.468. The Kier molecular flexibility index (Phi) is 3.69. The number of hydrogen-bond acceptors (Lipinski definition) is 3. The largest absolute Gasteiger partial charge is 0.406 e. The van der Waals surface area contributed by atoms with Gasteiger partial charge in [0.1, 0.15) is 0 Å². The van der Waals surface area contributed by atoms with Crippen LogP contribution in [-0.4, -0.2) is 43.8 Å². The standard InChI is InChI=1S/C14H30N2OSi/c1-13(2)10-12(11-14(3,4)15-13)16-8-7-9-18(16,6)17-5/h12,15H,7-11H2,1-6H3. The number of piperidine rings is 1. The molecule has 0 spiro atoms. The van der Waals surface area contributed by atoms with E-state index in [1.807, 2.05) is 7.11 Å². The van der Waals surface area contributed by atoms with Crippen molar-refractivity contribution >= 4 is 8.48 Å². The SMILES string of the molecule is CO[Si]1(C)CCCN1C1CC(C)(C)NC(C)(C)C1. The highest BCUT2D eigenvalue weighted by Crippen LogP contribution is 2.37. The van der Waals surface area contributed by atoms with Gasteiger partial charge in [-0.05, 0) is 66.1 Å². The van der Waals surface area contributed by atoms with Gasteiger partial charge in [-0.15, -0.1) is 0 Å². The lowest BCUT2D eigenvalue weighted by molar-refractivity contribution is 0.0994. The van der Waals surface area contributed by atoms with Crippen molar-refractivity contribution in [2.45, 2.75) is 76.7 Å². The zero-order valence-electron chi connectivity index (χ0n) is 13.0. The van der Waals surface area contributed by atoms with Gasteiger partial charge < -0.3 is 9.74 Å². The van der Waals surface area contributed by atoms with Gasteiger partial charge in [0.2, 0.25) is 0 Å². The maximum atomic E-state index is 5.95. The molecule has 4 heteroatoms. The van der Waals surface area contributed by atoms with E-state index in [1.54, 1.807) is 0 Å². The van der Waals surface area contributed by atoms with Crippen LogP contribution in [0.4, 0.5) is 0 Å². The number of nitrogens with one attached hydrogen (secondary N) is 1. The van der Waals surface area contributed by atoms with E-state index < -0.39 is 8.48 Å². The predicted molar refractivity (Wildman–Crippen MR) is 79.1 cm³/mol. The Labute approximate surface area is 113 Å². The summed E-state index contributed by atoms with van der Waals surface area (Å²) in [6, 6.07) is 1.99. The van der Waals surface area contributed by atoms with Gasteiger partial charge in [0, 0.05) is 24.2 Å². The first-order chi connectivity index (χ1) is 8.18. The van der Waals surface area contributed by atoms with E-state index in [9.17, 15) is 0 Å². The van der Waals surface area contributed by atoms with Gasteiger partial charge in [0.15, 0.2) is 0 Å².